The van der Waals surface area contributed by atoms with E-state index in [1.807, 2.05) is 30.1 Å². The number of nitrogens with two attached hydrogens (primary N) is 1. The van der Waals surface area contributed by atoms with Gasteiger partial charge in [0.2, 0.25) is 0 Å². The van der Waals surface area contributed by atoms with E-state index >= 15 is 0 Å². The number of nitrogen functional groups attached to an aromatic ring is 1. The Morgan fingerprint density at radius 1 is 1.38 bits per heavy atom. The van der Waals surface area contributed by atoms with Crippen molar-refractivity contribution in [2.24, 2.45) is 0 Å². The quantitative estimate of drug-likeness (QED) is 0.845. The van der Waals surface area contributed by atoms with Gasteiger partial charge in [-0.3, -0.25) is 4.98 Å². The van der Waals surface area contributed by atoms with Crippen LogP contribution < -0.4 is 10.6 Å². The molecule has 2 aromatic rings. The lowest BCUT2D eigenvalue weighted by Crippen LogP contribution is -2.22. The smallest absolute Gasteiger partial charge is 0.341 e. The number of nitrogens with zero attached hydrogens (tertiary/aromatic N) is 3. The monoisotopic (exact) mass is 286 g/mol. The zero-order chi connectivity index (χ0) is 15.2. The first kappa shape index (κ1) is 14.8. The largest absolute Gasteiger partial charge is 0.462 e. The summed E-state index contributed by atoms with van der Waals surface area (Å²) < 4.78 is 5.05. The number of carbonyl (C=O) groups is 1. The molecular formula is C15H18N4O2. The fourth-order valence-corrected chi connectivity index (χ4v) is 1.95. The fourth-order valence-electron chi connectivity index (χ4n) is 1.95. The van der Waals surface area contributed by atoms with Crippen LogP contribution in [0.3, 0.4) is 0 Å². The summed E-state index contributed by atoms with van der Waals surface area (Å²) in [5, 5.41) is 0. The fraction of sp³-hybridized carbons (Fsp3) is 0.267. The van der Waals surface area contributed by atoms with Crippen molar-refractivity contribution in [3.8, 4) is 0 Å². The van der Waals surface area contributed by atoms with Gasteiger partial charge in [-0.25, -0.2) is 9.78 Å². The zero-order valence-corrected chi connectivity index (χ0v) is 12.1. The number of rotatable bonds is 5. The van der Waals surface area contributed by atoms with Crippen LogP contribution in [-0.2, 0) is 11.3 Å². The van der Waals surface area contributed by atoms with Crippen LogP contribution in [0.2, 0.25) is 0 Å². The third kappa shape index (κ3) is 3.68. The lowest BCUT2D eigenvalue weighted by molar-refractivity contribution is 0.0526. The number of anilines is 2. The maximum Gasteiger partial charge on any atom is 0.341 e. The Labute approximate surface area is 123 Å². The van der Waals surface area contributed by atoms with E-state index in [1.54, 1.807) is 19.2 Å². The number of esters is 1. The Balaban J connectivity index is 2.27. The Bertz CT molecular complexity index is 616. The molecule has 0 spiro atoms. The topological polar surface area (TPSA) is 81.3 Å². The van der Waals surface area contributed by atoms with Gasteiger partial charge in [0.15, 0.2) is 0 Å². The van der Waals surface area contributed by atoms with Crippen LogP contribution in [0.25, 0.3) is 0 Å². The number of hydrogen-bond acceptors (Lipinski definition) is 6. The third-order valence-electron chi connectivity index (χ3n) is 2.87. The van der Waals surface area contributed by atoms with Crippen molar-refractivity contribution in [2.75, 3.05) is 24.3 Å². The Hall–Kier alpha value is -2.63. The molecule has 0 saturated heterocycles. The van der Waals surface area contributed by atoms with E-state index in [4.69, 9.17) is 10.5 Å². The van der Waals surface area contributed by atoms with E-state index in [0.29, 0.717) is 30.2 Å². The number of aromatic nitrogens is 2. The van der Waals surface area contributed by atoms with Crippen LogP contribution in [0.4, 0.5) is 11.5 Å². The lowest BCUT2D eigenvalue weighted by Gasteiger charge is -2.20. The minimum Gasteiger partial charge on any atom is -0.462 e. The van der Waals surface area contributed by atoms with Crippen LogP contribution in [0.15, 0.2) is 36.7 Å². The maximum atomic E-state index is 12.0. The van der Waals surface area contributed by atoms with Gasteiger partial charge in [0.25, 0.3) is 0 Å². The molecule has 0 saturated carbocycles. The maximum absolute atomic E-state index is 12.0. The lowest BCUT2D eigenvalue weighted by atomic mass is 10.2. The van der Waals surface area contributed by atoms with Gasteiger partial charge in [-0.05, 0) is 25.1 Å². The van der Waals surface area contributed by atoms with E-state index in [0.717, 1.165) is 5.69 Å². The molecule has 0 bridgehead atoms. The summed E-state index contributed by atoms with van der Waals surface area (Å²) in [6, 6.07) is 7.26. The highest BCUT2D eigenvalue weighted by Gasteiger charge is 2.18. The van der Waals surface area contributed by atoms with Gasteiger partial charge < -0.3 is 15.4 Å². The molecule has 0 amide bonds. The summed E-state index contributed by atoms with van der Waals surface area (Å²) in [7, 11) is 1.84. The van der Waals surface area contributed by atoms with E-state index in [9.17, 15) is 4.79 Å². The second kappa shape index (κ2) is 6.69. The number of ether oxygens (including phenoxy) is 1. The number of carbonyl (C=O) groups excluding carboxylic acids is 1. The molecule has 0 aliphatic heterocycles. The van der Waals surface area contributed by atoms with Crippen LogP contribution in [0.1, 0.15) is 23.0 Å². The van der Waals surface area contributed by atoms with Gasteiger partial charge in [-0.2, -0.15) is 0 Å². The van der Waals surface area contributed by atoms with Crippen molar-refractivity contribution in [3.05, 3.63) is 47.9 Å². The van der Waals surface area contributed by atoms with E-state index < -0.39 is 5.97 Å². The molecule has 2 rings (SSSR count). The zero-order valence-electron chi connectivity index (χ0n) is 12.1. The van der Waals surface area contributed by atoms with Gasteiger partial charge in [0.1, 0.15) is 11.4 Å². The molecule has 0 aliphatic carbocycles. The van der Waals surface area contributed by atoms with Crippen LogP contribution >= 0.6 is 0 Å². The second-order valence-corrected chi connectivity index (χ2v) is 4.54. The van der Waals surface area contributed by atoms with Crippen LogP contribution in [-0.4, -0.2) is 29.6 Å². The first-order valence-corrected chi connectivity index (χ1v) is 6.65. The van der Waals surface area contributed by atoms with Crippen molar-refractivity contribution < 1.29 is 9.53 Å². The molecular weight excluding hydrogens is 268 g/mol. The summed E-state index contributed by atoms with van der Waals surface area (Å²) in [6.45, 7) is 2.59. The van der Waals surface area contributed by atoms with Gasteiger partial charge in [-0.1, -0.05) is 6.07 Å². The van der Waals surface area contributed by atoms with E-state index in [2.05, 4.69) is 9.97 Å². The van der Waals surface area contributed by atoms with Gasteiger partial charge in [0, 0.05) is 13.2 Å². The average molecular weight is 286 g/mol. The van der Waals surface area contributed by atoms with Crippen molar-refractivity contribution in [3.63, 3.8) is 0 Å². The summed E-state index contributed by atoms with van der Waals surface area (Å²) in [5.41, 5.74) is 7.38. The molecule has 2 N–H and O–H groups in total. The molecule has 0 unspecified atom stereocenters. The second-order valence-electron chi connectivity index (χ2n) is 4.54. The van der Waals surface area contributed by atoms with E-state index in [1.165, 1.54) is 6.20 Å². The first-order chi connectivity index (χ1) is 10.1. The molecule has 6 nitrogen and oxygen atoms in total. The third-order valence-corrected chi connectivity index (χ3v) is 2.87. The summed E-state index contributed by atoms with van der Waals surface area (Å²) in [5.74, 6) is 0.0912. The minimum atomic E-state index is -0.430. The van der Waals surface area contributed by atoms with Crippen LogP contribution in [0.5, 0.6) is 0 Å². The molecule has 0 aromatic carbocycles. The summed E-state index contributed by atoms with van der Waals surface area (Å²) >= 11 is 0. The summed E-state index contributed by atoms with van der Waals surface area (Å²) in [6.07, 6.45) is 3.25. The van der Waals surface area contributed by atoms with Crippen molar-refractivity contribution in [1.82, 2.24) is 9.97 Å². The highest BCUT2D eigenvalue weighted by atomic mass is 16.5. The van der Waals surface area contributed by atoms with Crippen LogP contribution in [0, 0.1) is 0 Å². The standard InChI is InChI=1S/C15H18N4O2/c1-3-21-15(20)13-8-11(16)9-18-14(13)19(2)10-12-6-4-5-7-17-12/h4-9H,3,10,16H2,1-2H3. The average Bonchev–Trinajstić information content (AvgIpc) is 2.48. The molecule has 0 radical (unpaired) electrons. The molecule has 21 heavy (non-hydrogen) atoms. The molecule has 6 heteroatoms. The first-order valence-electron chi connectivity index (χ1n) is 6.65. The summed E-state index contributed by atoms with van der Waals surface area (Å²) in [4.78, 5) is 22.4. The molecule has 2 heterocycles. The molecule has 110 valence electrons. The molecule has 0 fully saturated rings. The highest BCUT2D eigenvalue weighted by molar-refractivity contribution is 5.95. The number of pyridine rings is 2. The van der Waals surface area contributed by atoms with E-state index in [-0.39, 0.29) is 0 Å². The highest BCUT2D eigenvalue weighted by Crippen LogP contribution is 2.21. The number of hydrogen-bond donors (Lipinski definition) is 1. The predicted octanol–water partition coefficient (Wildman–Crippen LogP) is 1.87. The van der Waals surface area contributed by atoms with Gasteiger partial charge in [-0.15, -0.1) is 0 Å². The predicted molar refractivity (Wildman–Crippen MR) is 80.9 cm³/mol. The van der Waals surface area contributed by atoms with Crippen molar-refractivity contribution in [2.45, 2.75) is 13.5 Å². The molecule has 0 aliphatic rings. The SMILES string of the molecule is CCOC(=O)c1cc(N)cnc1N(C)Cc1ccccn1. The van der Waals surface area contributed by atoms with Gasteiger partial charge in [0.05, 0.1) is 30.7 Å². The molecule has 2 aromatic heterocycles. The Morgan fingerprint density at radius 3 is 2.86 bits per heavy atom. The van der Waals surface area contributed by atoms with Crippen molar-refractivity contribution >= 4 is 17.5 Å². The Morgan fingerprint density at radius 2 is 2.19 bits per heavy atom. The Kier molecular flexibility index (Phi) is 4.71. The van der Waals surface area contributed by atoms with Gasteiger partial charge >= 0.3 is 5.97 Å². The normalized spacial score (nSPS) is 10.2. The minimum absolute atomic E-state index is 0.303. The van der Waals surface area contributed by atoms with Crippen molar-refractivity contribution in [1.29, 1.82) is 0 Å². The molecule has 0 atom stereocenters.